The summed E-state index contributed by atoms with van der Waals surface area (Å²) in [5.41, 5.74) is 1.23. The monoisotopic (exact) mass is 334 g/mol. The van der Waals surface area contributed by atoms with Gasteiger partial charge in [-0.25, -0.2) is 4.79 Å². The van der Waals surface area contributed by atoms with Crippen LogP contribution >= 0.6 is 0 Å². The van der Waals surface area contributed by atoms with Crippen molar-refractivity contribution in [1.82, 2.24) is 10.2 Å². The smallest absolute Gasteiger partial charge is 0.413 e. The minimum atomic E-state index is -1.10. The number of benzene rings is 1. The van der Waals surface area contributed by atoms with Gasteiger partial charge in [-0.15, -0.1) is 0 Å². The highest BCUT2D eigenvalue weighted by Gasteiger charge is 2.33. The van der Waals surface area contributed by atoms with E-state index in [0.29, 0.717) is 5.75 Å². The first kappa shape index (κ1) is 18.3. The minimum Gasteiger partial charge on any atom is -0.480 e. The van der Waals surface area contributed by atoms with Gasteiger partial charge in [-0.05, 0) is 50.6 Å². The third-order valence-corrected chi connectivity index (χ3v) is 4.74. The van der Waals surface area contributed by atoms with Gasteiger partial charge < -0.3 is 20.1 Å². The largest absolute Gasteiger partial charge is 0.480 e. The summed E-state index contributed by atoms with van der Waals surface area (Å²) in [6, 6.07) is 7.60. The Morgan fingerprint density at radius 2 is 2.17 bits per heavy atom. The van der Waals surface area contributed by atoms with Crippen LogP contribution in [0.25, 0.3) is 0 Å². The third kappa shape index (κ3) is 4.71. The Bertz CT molecular complexity index is 590. The Kier molecular flexibility index (Phi) is 6.20. The Hall–Kier alpha value is -2.08. The van der Waals surface area contributed by atoms with E-state index in [4.69, 9.17) is 9.84 Å². The van der Waals surface area contributed by atoms with Crippen LogP contribution in [-0.2, 0) is 10.2 Å². The van der Waals surface area contributed by atoms with Crippen LogP contribution in [0.3, 0.4) is 0 Å². The summed E-state index contributed by atoms with van der Waals surface area (Å²) in [4.78, 5) is 24.5. The van der Waals surface area contributed by atoms with Gasteiger partial charge in [-0.3, -0.25) is 4.79 Å². The molecule has 132 valence electrons. The number of likely N-dealkylation sites (tertiary alicyclic amines) is 1. The first-order valence-electron chi connectivity index (χ1n) is 8.42. The summed E-state index contributed by atoms with van der Waals surface area (Å²) in [5.74, 6) is -0.665. The van der Waals surface area contributed by atoms with Crippen LogP contribution in [0.5, 0.6) is 5.75 Å². The van der Waals surface area contributed by atoms with E-state index in [0.717, 1.165) is 25.9 Å². The molecule has 0 bridgehead atoms. The quantitative estimate of drug-likeness (QED) is 0.865. The lowest BCUT2D eigenvalue weighted by Gasteiger charge is -2.35. The van der Waals surface area contributed by atoms with Crippen molar-refractivity contribution in [2.45, 2.75) is 38.0 Å². The molecule has 6 heteroatoms. The molecule has 1 aromatic carbocycles. The van der Waals surface area contributed by atoms with Crippen molar-refractivity contribution in [3.8, 4) is 5.75 Å². The van der Waals surface area contributed by atoms with Crippen LogP contribution in [0, 0.1) is 0 Å². The van der Waals surface area contributed by atoms with Crippen LogP contribution in [0.4, 0.5) is 4.79 Å². The van der Waals surface area contributed by atoms with Crippen LogP contribution in [0.2, 0.25) is 0 Å². The van der Waals surface area contributed by atoms with Crippen LogP contribution < -0.4 is 10.1 Å². The molecule has 1 aromatic rings. The molecule has 1 unspecified atom stereocenters. The second-order valence-corrected chi connectivity index (χ2v) is 6.49. The van der Waals surface area contributed by atoms with Gasteiger partial charge in [-0.1, -0.05) is 25.5 Å². The summed E-state index contributed by atoms with van der Waals surface area (Å²) in [7, 11) is 2.15. The van der Waals surface area contributed by atoms with E-state index in [9.17, 15) is 9.59 Å². The molecule has 1 saturated heterocycles. The van der Waals surface area contributed by atoms with Crippen molar-refractivity contribution in [2.75, 3.05) is 26.7 Å². The predicted octanol–water partition coefficient (Wildman–Crippen LogP) is 2.62. The Morgan fingerprint density at radius 1 is 1.38 bits per heavy atom. The number of carbonyl (C=O) groups excluding carboxylic acids is 1. The van der Waals surface area contributed by atoms with Crippen molar-refractivity contribution in [2.24, 2.45) is 0 Å². The number of carboxylic acid groups (broad SMARTS) is 1. The number of nitrogens with zero attached hydrogens (tertiary/aromatic N) is 1. The van der Waals surface area contributed by atoms with Crippen molar-refractivity contribution in [3.05, 3.63) is 29.8 Å². The molecule has 0 spiro atoms. The number of nitrogens with one attached hydrogen (secondary N) is 1. The van der Waals surface area contributed by atoms with Gasteiger partial charge in [0.1, 0.15) is 12.3 Å². The first-order chi connectivity index (χ1) is 11.4. The number of carbonyl (C=O) groups is 2. The first-order valence-corrected chi connectivity index (χ1v) is 8.42. The standard InChI is InChI=1S/C18H26N2O4/c1-3-18(9-4-5-10-20(2)13-18)14-7-6-8-15(11-14)24-17(23)19-12-16(21)22/h6-8,11H,3-5,9-10,12-13H2,1-2H3,(H,19,23)(H,21,22). The third-order valence-electron chi connectivity index (χ3n) is 4.74. The Balaban J connectivity index is 2.15. The van der Waals surface area contributed by atoms with E-state index in [1.165, 1.54) is 18.4 Å². The van der Waals surface area contributed by atoms with Gasteiger partial charge in [0.2, 0.25) is 0 Å². The van der Waals surface area contributed by atoms with E-state index >= 15 is 0 Å². The fourth-order valence-corrected chi connectivity index (χ4v) is 3.43. The van der Waals surface area contributed by atoms with Gasteiger partial charge >= 0.3 is 12.1 Å². The van der Waals surface area contributed by atoms with E-state index in [1.54, 1.807) is 6.07 Å². The molecule has 24 heavy (non-hydrogen) atoms. The topological polar surface area (TPSA) is 78.9 Å². The van der Waals surface area contributed by atoms with Gasteiger partial charge in [0.25, 0.3) is 0 Å². The van der Waals surface area contributed by atoms with E-state index < -0.39 is 18.6 Å². The zero-order valence-corrected chi connectivity index (χ0v) is 14.4. The van der Waals surface area contributed by atoms with Crippen LogP contribution in [-0.4, -0.2) is 48.8 Å². The highest BCUT2D eigenvalue weighted by atomic mass is 16.6. The maximum atomic E-state index is 11.7. The van der Waals surface area contributed by atoms with Crippen LogP contribution in [0.15, 0.2) is 24.3 Å². The van der Waals surface area contributed by atoms with E-state index in [1.807, 2.05) is 12.1 Å². The van der Waals surface area contributed by atoms with Crippen molar-refractivity contribution in [1.29, 1.82) is 0 Å². The maximum absolute atomic E-state index is 11.7. The number of hydrogen-bond acceptors (Lipinski definition) is 4. The van der Waals surface area contributed by atoms with Crippen molar-refractivity contribution < 1.29 is 19.4 Å². The Labute approximate surface area is 142 Å². The van der Waals surface area contributed by atoms with Gasteiger partial charge in [0.05, 0.1) is 0 Å². The summed E-state index contributed by atoms with van der Waals surface area (Å²) in [5, 5.41) is 10.8. The molecule has 0 saturated carbocycles. The van der Waals surface area contributed by atoms with Crippen LogP contribution in [0.1, 0.15) is 38.2 Å². The summed E-state index contributed by atoms with van der Waals surface area (Å²) in [6.45, 7) is 3.84. The molecule has 0 aliphatic carbocycles. The van der Waals surface area contributed by atoms with E-state index in [-0.39, 0.29) is 5.41 Å². The van der Waals surface area contributed by atoms with Gasteiger partial charge in [-0.2, -0.15) is 0 Å². The Morgan fingerprint density at radius 3 is 2.88 bits per heavy atom. The average Bonchev–Trinajstić information content (AvgIpc) is 2.75. The highest BCUT2D eigenvalue weighted by Crippen LogP contribution is 2.37. The molecular weight excluding hydrogens is 308 g/mol. The van der Waals surface area contributed by atoms with Gasteiger partial charge in [0.15, 0.2) is 0 Å². The summed E-state index contributed by atoms with van der Waals surface area (Å²) >= 11 is 0. The number of hydrogen-bond donors (Lipinski definition) is 2. The number of rotatable bonds is 5. The fourth-order valence-electron chi connectivity index (χ4n) is 3.43. The maximum Gasteiger partial charge on any atom is 0.413 e. The van der Waals surface area contributed by atoms with Crippen molar-refractivity contribution in [3.63, 3.8) is 0 Å². The second kappa shape index (κ2) is 8.15. The molecule has 1 atom stereocenters. The summed E-state index contributed by atoms with van der Waals surface area (Å²) < 4.78 is 5.22. The fraction of sp³-hybridized carbons (Fsp3) is 0.556. The minimum absolute atomic E-state index is 0.0577. The number of carboxylic acids is 1. The lowest BCUT2D eigenvalue weighted by Crippen LogP contribution is -2.37. The van der Waals surface area contributed by atoms with Crippen molar-refractivity contribution >= 4 is 12.1 Å². The molecule has 2 rings (SSSR count). The normalized spacial score (nSPS) is 21.8. The highest BCUT2D eigenvalue weighted by molar-refractivity contribution is 5.77. The molecular formula is C18H26N2O4. The average molecular weight is 334 g/mol. The number of aliphatic carboxylic acids is 1. The predicted molar refractivity (Wildman–Crippen MR) is 91.4 cm³/mol. The number of amides is 1. The van der Waals surface area contributed by atoms with E-state index in [2.05, 4.69) is 30.3 Å². The molecule has 6 nitrogen and oxygen atoms in total. The number of likely N-dealkylation sites (N-methyl/N-ethyl adjacent to an activating group) is 1. The second-order valence-electron chi connectivity index (χ2n) is 6.49. The molecule has 2 N–H and O–H groups in total. The molecule has 1 heterocycles. The molecule has 1 aliphatic rings. The zero-order chi connectivity index (χ0) is 17.6. The SMILES string of the molecule is CCC1(c2cccc(OC(=O)NCC(=O)O)c2)CCCCN(C)C1. The molecule has 1 aliphatic heterocycles. The molecule has 0 aromatic heterocycles. The number of ether oxygens (including phenoxy) is 1. The van der Waals surface area contributed by atoms with Gasteiger partial charge in [0, 0.05) is 12.0 Å². The molecule has 0 radical (unpaired) electrons. The summed E-state index contributed by atoms with van der Waals surface area (Å²) in [6.07, 6.45) is 3.76. The lowest BCUT2D eigenvalue weighted by molar-refractivity contribution is -0.135. The lowest BCUT2D eigenvalue weighted by atomic mass is 9.74. The molecule has 1 amide bonds. The molecule has 1 fully saturated rings. The zero-order valence-electron chi connectivity index (χ0n) is 14.4.